The lowest BCUT2D eigenvalue weighted by Gasteiger charge is -2.46. The smallest absolute Gasteiger partial charge is 0.325 e. The number of alkyl halides is 1. The zero-order valence-electron chi connectivity index (χ0n) is 20.6. The fourth-order valence-corrected chi connectivity index (χ4v) is 5.79. The number of nitrogen functional groups attached to an aromatic ring is 1. The van der Waals surface area contributed by atoms with Gasteiger partial charge in [-0.2, -0.15) is 0 Å². The first-order chi connectivity index (χ1) is 17.3. The van der Waals surface area contributed by atoms with Gasteiger partial charge in [-0.3, -0.25) is 19.5 Å². The van der Waals surface area contributed by atoms with Crippen LogP contribution < -0.4 is 16.0 Å². The van der Waals surface area contributed by atoms with Gasteiger partial charge in [0.2, 0.25) is 5.91 Å². The van der Waals surface area contributed by atoms with Gasteiger partial charge >= 0.3 is 6.03 Å². The number of β-lactam (4-membered cyclic amide) rings is 1. The topological polar surface area (TPSA) is 122 Å². The van der Waals surface area contributed by atoms with E-state index in [1.54, 1.807) is 49.9 Å². The number of carbonyl (C=O) groups is 3. The number of imide groups is 1. The predicted molar refractivity (Wildman–Crippen MR) is 138 cm³/mol. The monoisotopic (exact) mass is 512 g/mol. The van der Waals surface area contributed by atoms with E-state index in [1.807, 2.05) is 6.92 Å². The third-order valence-corrected chi connectivity index (χ3v) is 7.91. The summed E-state index contributed by atoms with van der Waals surface area (Å²) in [7, 11) is 1.63. The van der Waals surface area contributed by atoms with Crippen molar-refractivity contribution in [2.45, 2.75) is 62.9 Å². The molecular formula is C26H33ClN6O3. The fraction of sp³-hybridized carbons (Fsp3) is 0.500. The van der Waals surface area contributed by atoms with Crippen LogP contribution in [-0.4, -0.2) is 57.2 Å². The van der Waals surface area contributed by atoms with Crippen molar-refractivity contribution in [1.29, 1.82) is 0 Å². The van der Waals surface area contributed by atoms with Crippen LogP contribution >= 0.6 is 11.6 Å². The van der Waals surface area contributed by atoms with E-state index in [1.165, 1.54) is 4.90 Å². The number of hydrogen-bond acceptors (Lipinski definition) is 6. The lowest BCUT2D eigenvalue weighted by atomic mass is 9.81. The number of urea groups is 1. The first kappa shape index (κ1) is 25.9. The Balaban J connectivity index is 1.57. The number of halogens is 1. The molecule has 2 aromatic heterocycles. The van der Waals surface area contributed by atoms with Crippen LogP contribution in [-0.2, 0) is 16.0 Å². The van der Waals surface area contributed by atoms with Crippen molar-refractivity contribution in [3.63, 3.8) is 0 Å². The zero-order chi connectivity index (χ0) is 25.8. The molecule has 0 aromatic carbocycles. The van der Waals surface area contributed by atoms with Gasteiger partial charge in [-0.05, 0) is 61.4 Å². The van der Waals surface area contributed by atoms with Crippen LogP contribution in [0.4, 0.5) is 16.3 Å². The van der Waals surface area contributed by atoms with Gasteiger partial charge < -0.3 is 16.0 Å². The number of rotatable bonds is 7. The normalized spacial score (nSPS) is 24.5. The lowest BCUT2D eigenvalue weighted by Crippen LogP contribution is -2.71. The highest BCUT2D eigenvalue weighted by Gasteiger charge is 2.55. The summed E-state index contributed by atoms with van der Waals surface area (Å²) in [5, 5.41) is 3.01. The fourth-order valence-electron chi connectivity index (χ4n) is 5.33. The van der Waals surface area contributed by atoms with Gasteiger partial charge in [-0.15, -0.1) is 11.6 Å². The molecule has 2 aromatic rings. The Morgan fingerprint density at radius 1 is 1.22 bits per heavy atom. The molecule has 3 heterocycles. The molecule has 2 aliphatic rings. The Morgan fingerprint density at radius 3 is 2.61 bits per heavy atom. The highest BCUT2D eigenvalue weighted by molar-refractivity contribution is 6.21. The molecule has 0 bridgehead atoms. The second-order valence-electron chi connectivity index (χ2n) is 9.58. The average Bonchev–Trinajstić information content (AvgIpc) is 2.89. The second kappa shape index (κ2) is 11.2. The minimum absolute atomic E-state index is 0.0174. The number of likely N-dealkylation sites (N-methyl/N-ethyl adjacent to an activating group) is 1. The van der Waals surface area contributed by atoms with E-state index in [2.05, 4.69) is 15.3 Å². The van der Waals surface area contributed by atoms with Gasteiger partial charge in [0.25, 0.3) is 5.91 Å². The molecule has 3 N–H and O–H groups in total. The Bertz CT molecular complexity index is 1100. The van der Waals surface area contributed by atoms with Gasteiger partial charge in [-0.25, -0.2) is 9.78 Å². The van der Waals surface area contributed by atoms with E-state index < -0.39 is 18.0 Å². The molecule has 9 nitrogen and oxygen atoms in total. The quantitative estimate of drug-likeness (QED) is 0.433. The van der Waals surface area contributed by atoms with Gasteiger partial charge in [0.05, 0.1) is 5.92 Å². The number of amides is 4. The summed E-state index contributed by atoms with van der Waals surface area (Å²) < 4.78 is 0. The molecule has 2 unspecified atom stereocenters. The van der Waals surface area contributed by atoms with Crippen LogP contribution in [0, 0.1) is 11.8 Å². The van der Waals surface area contributed by atoms with E-state index in [9.17, 15) is 14.4 Å². The molecule has 36 heavy (non-hydrogen) atoms. The van der Waals surface area contributed by atoms with Gasteiger partial charge in [-0.1, -0.05) is 19.8 Å². The second-order valence-corrected chi connectivity index (χ2v) is 10.1. The van der Waals surface area contributed by atoms with Crippen molar-refractivity contribution >= 4 is 41.0 Å². The molecule has 4 rings (SSSR count). The predicted octanol–water partition coefficient (Wildman–Crippen LogP) is 3.38. The number of likely N-dealkylation sites (tertiary alicyclic amines) is 1. The summed E-state index contributed by atoms with van der Waals surface area (Å²) in [5.41, 5.74) is 7.22. The molecule has 5 atom stereocenters. The van der Waals surface area contributed by atoms with Crippen molar-refractivity contribution in [2.75, 3.05) is 17.7 Å². The van der Waals surface area contributed by atoms with Crippen LogP contribution in [0.25, 0.3) is 0 Å². The van der Waals surface area contributed by atoms with E-state index in [-0.39, 0.29) is 35.6 Å². The molecule has 4 amide bonds. The minimum atomic E-state index is -0.944. The van der Waals surface area contributed by atoms with Gasteiger partial charge in [0, 0.05) is 42.7 Å². The summed E-state index contributed by atoms with van der Waals surface area (Å²) in [6.07, 6.45) is 9.71. The van der Waals surface area contributed by atoms with Crippen LogP contribution in [0.15, 0.2) is 42.9 Å². The van der Waals surface area contributed by atoms with Gasteiger partial charge in [0.15, 0.2) is 0 Å². The van der Waals surface area contributed by atoms with Crippen LogP contribution in [0.5, 0.6) is 0 Å². The zero-order valence-corrected chi connectivity index (χ0v) is 21.4. The number of nitrogens with zero attached hydrogens (tertiary/aromatic N) is 4. The first-order valence-corrected chi connectivity index (χ1v) is 12.9. The summed E-state index contributed by atoms with van der Waals surface area (Å²) in [4.78, 5) is 50.9. The summed E-state index contributed by atoms with van der Waals surface area (Å²) >= 11 is 6.60. The van der Waals surface area contributed by atoms with Crippen LogP contribution in [0.1, 0.15) is 44.6 Å². The molecule has 0 radical (unpaired) electrons. The highest BCUT2D eigenvalue weighted by atomic mass is 35.5. The van der Waals surface area contributed by atoms with E-state index in [0.717, 1.165) is 36.1 Å². The van der Waals surface area contributed by atoms with E-state index in [4.69, 9.17) is 17.3 Å². The van der Waals surface area contributed by atoms with Crippen LogP contribution in [0.2, 0.25) is 0 Å². The third-order valence-electron chi connectivity index (χ3n) is 7.36. The van der Waals surface area contributed by atoms with Gasteiger partial charge in [0.1, 0.15) is 11.9 Å². The lowest BCUT2D eigenvalue weighted by molar-refractivity contribution is -0.156. The number of pyridine rings is 2. The molecule has 0 spiro atoms. The molecular weight excluding hydrogens is 480 g/mol. The maximum Gasteiger partial charge on any atom is 0.325 e. The molecule has 1 saturated heterocycles. The van der Waals surface area contributed by atoms with Crippen molar-refractivity contribution in [3.05, 3.63) is 48.4 Å². The Hall–Kier alpha value is -3.20. The number of aromatic nitrogens is 2. The Kier molecular flexibility index (Phi) is 8.08. The molecule has 10 heteroatoms. The van der Waals surface area contributed by atoms with E-state index >= 15 is 0 Å². The first-order valence-electron chi connectivity index (χ1n) is 12.5. The number of nitrogens with two attached hydrogens (primary N) is 1. The minimum Gasteiger partial charge on any atom is -0.384 e. The summed E-state index contributed by atoms with van der Waals surface area (Å²) in [6, 6.07) is 5.20. The third kappa shape index (κ3) is 5.31. The van der Waals surface area contributed by atoms with Crippen molar-refractivity contribution < 1.29 is 14.4 Å². The summed E-state index contributed by atoms with van der Waals surface area (Å²) in [5.74, 6) is -0.950. The Labute approximate surface area is 216 Å². The van der Waals surface area contributed by atoms with Crippen LogP contribution in [0.3, 0.4) is 0 Å². The highest BCUT2D eigenvalue weighted by Crippen LogP contribution is 2.35. The van der Waals surface area contributed by atoms with Crippen molar-refractivity contribution in [2.24, 2.45) is 11.8 Å². The molecule has 192 valence electrons. The number of hydrogen-bond donors (Lipinski definition) is 2. The SMILES string of the molecule is CC[C@@H](NC(=O)N1C(=O)[C@@H](Cc2ccnc(N)c2)[C@H]1C(=O)N(C)c1ccncc1)C1CCCCC1Cl. The number of carbonyl (C=O) groups excluding carboxylic acids is 3. The molecule has 1 saturated carbocycles. The largest absolute Gasteiger partial charge is 0.384 e. The molecule has 2 fully saturated rings. The maximum absolute atomic E-state index is 13.6. The van der Waals surface area contributed by atoms with Crippen molar-refractivity contribution in [1.82, 2.24) is 20.2 Å². The molecule has 1 aliphatic carbocycles. The van der Waals surface area contributed by atoms with E-state index in [0.29, 0.717) is 17.9 Å². The number of nitrogens with one attached hydrogen (secondary N) is 1. The molecule has 1 aliphatic heterocycles. The standard InChI is InChI=1S/C26H33ClN6O3/c1-3-21(18-6-4-5-7-20(18)27)31-26(36)33-23(25(35)32(2)17-9-11-29-12-10-17)19(24(33)34)14-16-8-13-30-22(28)15-16/h8-13,15,18-21,23H,3-7,14H2,1-2H3,(H2,28,30)(H,31,36)/t18?,19-,20?,21+,23-/m0/s1. The summed E-state index contributed by atoms with van der Waals surface area (Å²) in [6.45, 7) is 2.00. The average molecular weight is 513 g/mol. The number of anilines is 2. The Morgan fingerprint density at radius 2 is 1.94 bits per heavy atom. The maximum atomic E-state index is 13.6. The van der Waals surface area contributed by atoms with Crippen molar-refractivity contribution in [3.8, 4) is 0 Å².